The van der Waals surface area contributed by atoms with Crippen molar-refractivity contribution in [3.8, 4) is 5.75 Å². The zero-order chi connectivity index (χ0) is 20.3. The van der Waals surface area contributed by atoms with Crippen molar-refractivity contribution < 1.29 is 9.53 Å². The molecule has 0 aliphatic rings. The molecular formula is C21H21ClN4O2. The third kappa shape index (κ3) is 4.58. The molecule has 2 N–H and O–H groups in total. The molecule has 0 radical (unpaired) electrons. The highest BCUT2D eigenvalue weighted by Gasteiger charge is 2.14. The van der Waals surface area contributed by atoms with E-state index in [1.807, 2.05) is 44.2 Å². The molecule has 1 heterocycles. The second-order valence-corrected chi connectivity index (χ2v) is 6.86. The van der Waals surface area contributed by atoms with Crippen LogP contribution in [0, 0.1) is 20.8 Å². The Bertz CT molecular complexity index is 1040. The number of amides is 1. The maximum absolute atomic E-state index is 12.8. The fourth-order valence-electron chi connectivity index (χ4n) is 2.76. The number of anilines is 3. The zero-order valence-electron chi connectivity index (χ0n) is 16.1. The van der Waals surface area contributed by atoms with Crippen molar-refractivity contribution in [2.24, 2.45) is 0 Å². The first-order valence-corrected chi connectivity index (χ1v) is 9.08. The summed E-state index contributed by atoms with van der Waals surface area (Å²) in [7, 11) is 1.56. The minimum atomic E-state index is -0.342. The number of hydrogen-bond acceptors (Lipinski definition) is 5. The number of carbonyl (C=O) groups excluding carboxylic acids is 1. The number of carbonyl (C=O) groups is 1. The first-order chi connectivity index (χ1) is 13.4. The molecule has 1 amide bonds. The van der Waals surface area contributed by atoms with Crippen LogP contribution in [-0.4, -0.2) is 23.0 Å². The lowest BCUT2D eigenvalue weighted by atomic mass is 10.2. The lowest BCUT2D eigenvalue weighted by Gasteiger charge is -2.13. The van der Waals surface area contributed by atoms with Crippen molar-refractivity contribution in [3.63, 3.8) is 0 Å². The highest BCUT2D eigenvalue weighted by molar-refractivity contribution is 6.30. The fraction of sp³-hybridized carbons (Fsp3) is 0.190. The van der Waals surface area contributed by atoms with Gasteiger partial charge in [0.1, 0.15) is 23.1 Å². The number of aryl methyl sites for hydroxylation is 3. The maximum atomic E-state index is 12.8. The van der Waals surface area contributed by atoms with E-state index in [9.17, 15) is 4.79 Å². The average Bonchev–Trinajstić information content (AvgIpc) is 2.64. The Balaban J connectivity index is 1.86. The van der Waals surface area contributed by atoms with Crippen LogP contribution in [0.5, 0.6) is 5.75 Å². The van der Waals surface area contributed by atoms with Gasteiger partial charge in [0, 0.05) is 16.8 Å². The number of ether oxygens (including phenoxy) is 1. The number of nitrogens with one attached hydrogen (secondary N) is 2. The van der Waals surface area contributed by atoms with Crippen molar-refractivity contribution in [1.29, 1.82) is 0 Å². The van der Waals surface area contributed by atoms with Crippen molar-refractivity contribution in [1.82, 2.24) is 9.97 Å². The molecule has 0 aliphatic heterocycles. The van der Waals surface area contributed by atoms with E-state index in [0.717, 1.165) is 16.8 Å². The van der Waals surface area contributed by atoms with Gasteiger partial charge >= 0.3 is 0 Å². The molecule has 144 valence electrons. The van der Waals surface area contributed by atoms with E-state index in [4.69, 9.17) is 16.3 Å². The van der Waals surface area contributed by atoms with Gasteiger partial charge in [-0.3, -0.25) is 4.79 Å². The molecule has 3 rings (SSSR count). The number of hydrogen-bond donors (Lipinski definition) is 2. The summed E-state index contributed by atoms with van der Waals surface area (Å²) >= 11 is 6.01. The number of aromatic nitrogens is 2. The van der Waals surface area contributed by atoms with Gasteiger partial charge in [0.25, 0.3) is 5.91 Å². The fourth-order valence-corrected chi connectivity index (χ4v) is 2.99. The van der Waals surface area contributed by atoms with E-state index < -0.39 is 0 Å². The summed E-state index contributed by atoms with van der Waals surface area (Å²) in [6.07, 6.45) is 0. The minimum absolute atomic E-state index is 0.255. The summed E-state index contributed by atoms with van der Waals surface area (Å²) in [5.41, 5.74) is 3.68. The van der Waals surface area contributed by atoms with Gasteiger partial charge in [0.05, 0.1) is 12.8 Å². The number of nitrogens with zero attached hydrogens (tertiary/aromatic N) is 2. The Morgan fingerprint density at radius 3 is 2.50 bits per heavy atom. The molecule has 0 saturated carbocycles. The number of halogens is 1. The molecule has 0 bridgehead atoms. The largest absolute Gasteiger partial charge is 0.495 e. The molecule has 28 heavy (non-hydrogen) atoms. The Hall–Kier alpha value is -3.12. The van der Waals surface area contributed by atoms with E-state index in [1.54, 1.807) is 26.2 Å². The summed E-state index contributed by atoms with van der Waals surface area (Å²) in [6.45, 7) is 5.63. The van der Waals surface area contributed by atoms with Gasteiger partial charge in [-0.05, 0) is 62.2 Å². The third-order valence-electron chi connectivity index (χ3n) is 4.12. The maximum Gasteiger partial charge on any atom is 0.274 e. The first-order valence-electron chi connectivity index (χ1n) is 8.70. The monoisotopic (exact) mass is 396 g/mol. The average molecular weight is 397 g/mol. The molecule has 7 heteroatoms. The Kier molecular flexibility index (Phi) is 5.80. The van der Waals surface area contributed by atoms with Gasteiger partial charge < -0.3 is 15.4 Å². The van der Waals surface area contributed by atoms with Gasteiger partial charge in [-0.15, -0.1) is 0 Å². The molecule has 6 nitrogen and oxygen atoms in total. The molecule has 0 aliphatic carbocycles. The summed E-state index contributed by atoms with van der Waals surface area (Å²) < 4.78 is 5.32. The molecule has 0 unspecified atom stereocenters. The molecule has 0 saturated heterocycles. The number of methoxy groups -OCH3 is 1. The van der Waals surface area contributed by atoms with Gasteiger partial charge in [-0.2, -0.15) is 0 Å². The van der Waals surface area contributed by atoms with Crippen LogP contribution in [0.25, 0.3) is 0 Å². The predicted octanol–water partition coefficient (Wildman–Crippen LogP) is 5.06. The van der Waals surface area contributed by atoms with Gasteiger partial charge in [0.2, 0.25) is 0 Å². The van der Waals surface area contributed by atoms with E-state index >= 15 is 0 Å². The molecular weight excluding hydrogens is 376 g/mol. The minimum Gasteiger partial charge on any atom is -0.495 e. The van der Waals surface area contributed by atoms with Crippen molar-refractivity contribution >= 4 is 34.7 Å². The topological polar surface area (TPSA) is 76.1 Å². The van der Waals surface area contributed by atoms with Crippen molar-refractivity contribution in [3.05, 3.63) is 70.1 Å². The highest BCUT2D eigenvalue weighted by Crippen LogP contribution is 2.26. The zero-order valence-corrected chi connectivity index (χ0v) is 16.9. The smallest absolute Gasteiger partial charge is 0.274 e. The van der Waals surface area contributed by atoms with Crippen LogP contribution in [0.4, 0.5) is 17.2 Å². The van der Waals surface area contributed by atoms with E-state index in [1.165, 1.54) is 0 Å². The summed E-state index contributed by atoms with van der Waals surface area (Å²) in [5, 5.41) is 6.73. The number of rotatable bonds is 5. The van der Waals surface area contributed by atoms with Crippen LogP contribution in [0.1, 0.15) is 27.4 Å². The Morgan fingerprint density at radius 2 is 1.79 bits per heavy atom. The van der Waals surface area contributed by atoms with Gasteiger partial charge in [0.15, 0.2) is 0 Å². The van der Waals surface area contributed by atoms with Crippen LogP contribution >= 0.6 is 11.6 Å². The van der Waals surface area contributed by atoms with E-state index in [-0.39, 0.29) is 11.6 Å². The van der Waals surface area contributed by atoms with Crippen LogP contribution in [0.15, 0.2) is 42.5 Å². The molecule has 0 spiro atoms. The molecule has 0 atom stereocenters. The highest BCUT2D eigenvalue weighted by atomic mass is 35.5. The third-order valence-corrected chi connectivity index (χ3v) is 4.36. The Morgan fingerprint density at radius 1 is 1.00 bits per heavy atom. The van der Waals surface area contributed by atoms with Gasteiger partial charge in [-0.25, -0.2) is 9.97 Å². The van der Waals surface area contributed by atoms with Crippen molar-refractivity contribution in [2.45, 2.75) is 20.8 Å². The number of benzene rings is 2. The van der Waals surface area contributed by atoms with Crippen molar-refractivity contribution in [2.75, 3.05) is 17.7 Å². The molecule has 3 aromatic rings. The van der Waals surface area contributed by atoms with Crippen LogP contribution < -0.4 is 15.4 Å². The van der Waals surface area contributed by atoms with Gasteiger partial charge in [-0.1, -0.05) is 17.7 Å². The lowest BCUT2D eigenvalue weighted by molar-refractivity contribution is 0.102. The summed E-state index contributed by atoms with van der Waals surface area (Å²) in [5.74, 6) is 1.25. The molecule has 2 aromatic carbocycles. The summed E-state index contributed by atoms with van der Waals surface area (Å²) in [6, 6.07) is 12.7. The molecule has 1 aromatic heterocycles. The van der Waals surface area contributed by atoms with E-state index in [2.05, 4.69) is 20.6 Å². The predicted molar refractivity (Wildman–Crippen MR) is 112 cm³/mol. The Labute approximate surface area is 168 Å². The lowest BCUT2D eigenvalue weighted by Crippen LogP contribution is -2.16. The molecule has 0 fully saturated rings. The second-order valence-electron chi connectivity index (χ2n) is 6.43. The normalized spacial score (nSPS) is 10.5. The quantitative estimate of drug-likeness (QED) is 0.630. The van der Waals surface area contributed by atoms with Crippen LogP contribution in [0.3, 0.4) is 0 Å². The van der Waals surface area contributed by atoms with Crippen LogP contribution in [-0.2, 0) is 0 Å². The second kappa shape index (κ2) is 8.27. The first kappa shape index (κ1) is 19.6. The SMILES string of the molecule is COc1ccc(C)cc1NC(=O)c1cc(Nc2ccc(Cl)cc2C)nc(C)n1. The van der Waals surface area contributed by atoms with E-state index in [0.29, 0.717) is 28.1 Å². The standard InChI is InChI=1S/C21H21ClN4O2/c1-12-5-8-19(28-4)17(9-12)26-21(27)18-11-20(24-14(3)23-18)25-16-7-6-15(22)10-13(16)2/h5-11H,1-4H3,(H,26,27)(H,23,24,25). The van der Waals surface area contributed by atoms with Crippen LogP contribution in [0.2, 0.25) is 5.02 Å². The summed E-state index contributed by atoms with van der Waals surface area (Å²) in [4.78, 5) is 21.4.